The fourth-order valence-corrected chi connectivity index (χ4v) is 7.59. The van der Waals surface area contributed by atoms with Crippen molar-refractivity contribution in [3.63, 3.8) is 0 Å². The third-order valence-corrected chi connectivity index (χ3v) is 8.26. The molecule has 2 aliphatic heterocycles. The molecule has 0 atom stereocenters. The van der Waals surface area contributed by atoms with Crippen molar-refractivity contribution in [1.82, 2.24) is 4.90 Å². The number of hydrogen-bond acceptors (Lipinski definition) is 2. The second-order valence-electron chi connectivity index (χ2n) is 9.57. The van der Waals surface area contributed by atoms with Gasteiger partial charge in [0.2, 0.25) is 0 Å². The standard InChI is InChI=1S/C22H29NO/c1-2-4-20-19(3-1)15-24-22(20)5-7-23(8-6-22)21-12-16-9-17(13-21)11-18(10-16)14-21/h1-4,16-18H,5-15H2. The monoisotopic (exact) mass is 323 g/mol. The highest BCUT2D eigenvalue weighted by molar-refractivity contribution is 5.36. The van der Waals surface area contributed by atoms with Crippen LogP contribution in [0.3, 0.4) is 0 Å². The molecular weight excluding hydrogens is 294 g/mol. The summed E-state index contributed by atoms with van der Waals surface area (Å²) in [5.74, 6) is 3.15. The molecule has 2 heteroatoms. The summed E-state index contributed by atoms with van der Waals surface area (Å²) in [6, 6.07) is 8.94. The smallest absolute Gasteiger partial charge is 0.0963 e. The van der Waals surface area contributed by atoms with Crippen LogP contribution in [0.4, 0.5) is 0 Å². The van der Waals surface area contributed by atoms with Gasteiger partial charge in [-0.25, -0.2) is 0 Å². The van der Waals surface area contributed by atoms with Gasteiger partial charge in [0.25, 0.3) is 0 Å². The molecule has 0 radical (unpaired) electrons. The Morgan fingerprint density at radius 3 is 2.17 bits per heavy atom. The molecule has 4 bridgehead atoms. The number of rotatable bonds is 1. The molecule has 2 heterocycles. The first-order valence-electron chi connectivity index (χ1n) is 10.2. The zero-order chi connectivity index (χ0) is 15.8. The van der Waals surface area contributed by atoms with Crippen LogP contribution in [0, 0.1) is 17.8 Å². The van der Waals surface area contributed by atoms with Gasteiger partial charge in [-0.2, -0.15) is 0 Å². The average Bonchev–Trinajstić information content (AvgIpc) is 2.93. The number of likely N-dealkylation sites (tertiary alicyclic amines) is 1. The fourth-order valence-electron chi connectivity index (χ4n) is 7.59. The van der Waals surface area contributed by atoms with E-state index in [9.17, 15) is 0 Å². The van der Waals surface area contributed by atoms with Gasteiger partial charge >= 0.3 is 0 Å². The third kappa shape index (κ3) is 1.90. The van der Waals surface area contributed by atoms with Gasteiger partial charge in [0.15, 0.2) is 0 Å². The van der Waals surface area contributed by atoms with Crippen LogP contribution in [0.2, 0.25) is 0 Å². The predicted molar refractivity (Wildman–Crippen MR) is 94.6 cm³/mol. The van der Waals surface area contributed by atoms with Gasteiger partial charge in [-0.05, 0) is 80.2 Å². The summed E-state index contributed by atoms with van der Waals surface area (Å²) < 4.78 is 6.39. The lowest BCUT2D eigenvalue weighted by atomic mass is 9.52. The predicted octanol–water partition coefficient (Wildman–Crippen LogP) is 4.48. The molecule has 0 amide bonds. The van der Waals surface area contributed by atoms with E-state index < -0.39 is 0 Å². The van der Waals surface area contributed by atoms with Gasteiger partial charge in [-0.1, -0.05) is 24.3 Å². The highest BCUT2D eigenvalue weighted by atomic mass is 16.5. The van der Waals surface area contributed by atoms with Gasteiger partial charge < -0.3 is 4.74 Å². The number of benzene rings is 1. The van der Waals surface area contributed by atoms with Crippen LogP contribution >= 0.6 is 0 Å². The molecule has 1 spiro atoms. The van der Waals surface area contributed by atoms with Crippen molar-refractivity contribution in [2.75, 3.05) is 13.1 Å². The van der Waals surface area contributed by atoms with Gasteiger partial charge in [-0.3, -0.25) is 4.90 Å². The molecular formula is C22H29NO. The molecule has 1 aromatic carbocycles. The van der Waals surface area contributed by atoms with Crippen molar-refractivity contribution in [3.8, 4) is 0 Å². The highest BCUT2D eigenvalue weighted by Gasteiger charge is 2.55. The van der Waals surface area contributed by atoms with Crippen molar-refractivity contribution >= 4 is 0 Å². The molecule has 1 aromatic rings. The van der Waals surface area contributed by atoms with E-state index >= 15 is 0 Å². The number of piperidine rings is 1. The van der Waals surface area contributed by atoms with Crippen molar-refractivity contribution in [2.45, 2.75) is 69.1 Å². The largest absolute Gasteiger partial charge is 0.365 e. The average molecular weight is 323 g/mol. The van der Waals surface area contributed by atoms with Crippen molar-refractivity contribution in [1.29, 1.82) is 0 Å². The first-order chi connectivity index (χ1) is 11.7. The van der Waals surface area contributed by atoms with Crippen LogP contribution in [-0.2, 0) is 16.9 Å². The lowest BCUT2D eigenvalue weighted by Crippen LogP contribution is -2.62. The van der Waals surface area contributed by atoms with Gasteiger partial charge in [0.1, 0.15) is 0 Å². The Morgan fingerprint density at radius 2 is 1.50 bits per heavy atom. The quantitative estimate of drug-likeness (QED) is 0.756. The molecule has 4 saturated carbocycles. The summed E-state index contributed by atoms with van der Waals surface area (Å²) in [4.78, 5) is 2.92. The van der Waals surface area contributed by atoms with E-state index in [0.29, 0.717) is 5.54 Å². The minimum atomic E-state index is 0.0371. The topological polar surface area (TPSA) is 12.5 Å². The zero-order valence-electron chi connectivity index (χ0n) is 14.7. The Kier molecular flexibility index (Phi) is 2.90. The Balaban J connectivity index is 1.25. The first-order valence-corrected chi connectivity index (χ1v) is 10.2. The number of ether oxygens (including phenoxy) is 1. The lowest BCUT2D eigenvalue weighted by molar-refractivity contribution is -0.135. The van der Waals surface area contributed by atoms with Crippen LogP contribution in [0.5, 0.6) is 0 Å². The maximum atomic E-state index is 6.39. The summed E-state index contributed by atoms with van der Waals surface area (Å²) in [6.45, 7) is 3.33. The number of nitrogens with zero attached hydrogens (tertiary/aromatic N) is 1. The van der Waals surface area contributed by atoms with Gasteiger partial charge in [0.05, 0.1) is 12.2 Å². The van der Waals surface area contributed by atoms with Crippen LogP contribution in [0.25, 0.3) is 0 Å². The molecule has 7 rings (SSSR count). The summed E-state index contributed by atoms with van der Waals surface area (Å²) >= 11 is 0. The highest BCUT2D eigenvalue weighted by Crippen LogP contribution is 2.59. The van der Waals surface area contributed by atoms with Crippen LogP contribution in [0.1, 0.15) is 62.5 Å². The molecule has 6 aliphatic rings. The van der Waals surface area contributed by atoms with E-state index in [1.54, 1.807) is 19.3 Å². The third-order valence-electron chi connectivity index (χ3n) is 8.26. The van der Waals surface area contributed by atoms with E-state index in [4.69, 9.17) is 4.74 Å². The summed E-state index contributed by atoms with van der Waals surface area (Å²) in [5.41, 5.74) is 3.54. The molecule has 0 unspecified atom stereocenters. The van der Waals surface area contributed by atoms with Crippen LogP contribution in [0.15, 0.2) is 24.3 Å². The SMILES string of the molecule is c1ccc2c(c1)COC21CCN(C23CC4CC(CC(C4)C2)C3)CC1. The van der Waals surface area contributed by atoms with Crippen LogP contribution in [-0.4, -0.2) is 23.5 Å². The molecule has 2 nitrogen and oxygen atoms in total. The lowest BCUT2D eigenvalue weighted by Gasteiger charge is -2.62. The molecule has 0 aromatic heterocycles. The minimum Gasteiger partial charge on any atom is -0.365 e. The molecule has 1 saturated heterocycles. The first kappa shape index (κ1) is 14.3. The van der Waals surface area contributed by atoms with E-state index in [0.717, 1.165) is 24.4 Å². The molecule has 24 heavy (non-hydrogen) atoms. The van der Waals surface area contributed by atoms with Crippen molar-refractivity contribution in [2.24, 2.45) is 17.8 Å². The molecule has 128 valence electrons. The number of fused-ring (bicyclic) bond motifs is 2. The van der Waals surface area contributed by atoms with E-state index in [1.165, 1.54) is 56.3 Å². The van der Waals surface area contributed by atoms with Gasteiger partial charge in [0, 0.05) is 18.6 Å². The summed E-state index contributed by atoms with van der Waals surface area (Å²) in [5, 5.41) is 0. The Hall–Kier alpha value is -0.860. The number of hydrogen-bond donors (Lipinski definition) is 0. The summed E-state index contributed by atoms with van der Waals surface area (Å²) in [6.07, 6.45) is 11.6. The van der Waals surface area contributed by atoms with Crippen molar-refractivity contribution < 1.29 is 4.74 Å². The molecule has 0 N–H and O–H groups in total. The normalized spacial score (nSPS) is 42.6. The maximum Gasteiger partial charge on any atom is 0.0963 e. The Labute approximate surface area is 145 Å². The molecule has 4 aliphatic carbocycles. The van der Waals surface area contributed by atoms with E-state index in [-0.39, 0.29) is 5.60 Å². The fraction of sp³-hybridized carbons (Fsp3) is 0.727. The Bertz CT molecular complexity index is 622. The summed E-state index contributed by atoms with van der Waals surface area (Å²) in [7, 11) is 0. The maximum absolute atomic E-state index is 6.39. The van der Waals surface area contributed by atoms with Gasteiger partial charge in [-0.15, -0.1) is 0 Å². The minimum absolute atomic E-state index is 0.0371. The van der Waals surface area contributed by atoms with E-state index in [2.05, 4.69) is 29.2 Å². The molecule has 5 fully saturated rings. The van der Waals surface area contributed by atoms with E-state index in [1.807, 2.05) is 0 Å². The van der Waals surface area contributed by atoms with Crippen LogP contribution < -0.4 is 0 Å². The Morgan fingerprint density at radius 1 is 0.875 bits per heavy atom. The second kappa shape index (κ2) is 4.86. The van der Waals surface area contributed by atoms with Crippen molar-refractivity contribution in [3.05, 3.63) is 35.4 Å². The second-order valence-corrected chi connectivity index (χ2v) is 9.57. The zero-order valence-corrected chi connectivity index (χ0v) is 14.7.